The van der Waals surface area contributed by atoms with Crippen molar-refractivity contribution in [1.29, 1.82) is 0 Å². The van der Waals surface area contributed by atoms with Gasteiger partial charge in [-0.1, -0.05) is 119 Å². The first-order chi connectivity index (χ1) is 16.4. The Balaban J connectivity index is 1.98. The Hall–Kier alpha value is -1.50. The summed E-state index contributed by atoms with van der Waals surface area (Å²) in [5, 5.41) is 1.78. The molecule has 0 saturated heterocycles. The standard InChI is InChI=1S/C32H42Cl2/c1-5-7-9-11-13-25-22-26(14-17-30(25)29-18-15-27(33)21-24(29)3)31-19-16-28(34)23-32(31,4)20-12-10-8-6-2/h14-19,21-22H,5-13,20,23H2,1-4H3. The Morgan fingerprint density at radius 3 is 2.21 bits per heavy atom. The van der Waals surface area contributed by atoms with Gasteiger partial charge in [-0.05, 0) is 89.6 Å². The van der Waals surface area contributed by atoms with Gasteiger partial charge in [0.2, 0.25) is 0 Å². The number of halogens is 2. The summed E-state index contributed by atoms with van der Waals surface area (Å²) in [7, 11) is 0. The Morgan fingerprint density at radius 1 is 0.794 bits per heavy atom. The highest BCUT2D eigenvalue weighted by Gasteiger charge is 2.32. The molecule has 1 atom stereocenters. The van der Waals surface area contributed by atoms with E-state index in [4.69, 9.17) is 23.2 Å². The molecule has 0 amide bonds. The molecule has 0 aliphatic heterocycles. The topological polar surface area (TPSA) is 0 Å². The van der Waals surface area contributed by atoms with Crippen LogP contribution in [0.5, 0.6) is 0 Å². The van der Waals surface area contributed by atoms with Crippen LogP contribution in [-0.2, 0) is 6.42 Å². The van der Waals surface area contributed by atoms with E-state index < -0.39 is 0 Å². The van der Waals surface area contributed by atoms with Crippen molar-refractivity contribution in [3.8, 4) is 11.1 Å². The van der Waals surface area contributed by atoms with Gasteiger partial charge in [0.15, 0.2) is 0 Å². The van der Waals surface area contributed by atoms with Gasteiger partial charge in [-0.25, -0.2) is 0 Å². The van der Waals surface area contributed by atoms with Crippen molar-refractivity contribution in [3.63, 3.8) is 0 Å². The SMILES string of the molecule is CCCCCCc1cc(C2=CC=C(Cl)CC2(C)CCCCCC)ccc1-c1ccc(Cl)cc1C. The molecular formula is C32H42Cl2. The summed E-state index contributed by atoms with van der Waals surface area (Å²) < 4.78 is 0. The Labute approximate surface area is 218 Å². The predicted molar refractivity (Wildman–Crippen MR) is 153 cm³/mol. The minimum atomic E-state index is 0.0940. The van der Waals surface area contributed by atoms with E-state index in [0.717, 1.165) is 22.9 Å². The molecular weight excluding hydrogens is 455 g/mol. The highest BCUT2D eigenvalue weighted by atomic mass is 35.5. The predicted octanol–water partition coefficient (Wildman–Crippen LogP) is 11.3. The van der Waals surface area contributed by atoms with Gasteiger partial charge in [0.1, 0.15) is 0 Å². The summed E-state index contributed by atoms with van der Waals surface area (Å²) in [6, 6.07) is 13.4. The normalized spacial score (nSPS) is 18.1. The second-order valence-corrected chi connectivity index (χ2v) is 11.3. The molecule has 184 valence electrons. The van der Waals surface area contributed by atoms with Crippen LogP contribution in [0.1, 0.15) is 102 Å². The maximum atomic E-state index is 6.56. The highest BCUT2D eigenvalue weighted by Crippen LogP contribution is 2.48. The van der Waals surface area contributed by atoms with E-state index >= 15 is 0 Å². The van der Waals surface area contributed by atoms with Crippen molar-refractivity contribution in [2.45, 2.75) is 98.3 Å². The Kier molecular flexibility index (Phi) is 10.3. The van der Waals surface area contributed by atoms with Gasteiger partial charge in [0.25, 0.3) is 0 Å². The van der Waals surface area contributed by atoms with Gasteiger partial charge in [-0.15, -0.1) is 0 Å². The third-order valence-electron chi connectivity index (χ3n) is 7.42. The first-order valence-electron chi connectivity index (χ1n) is 13.3. The Morgan fingerprint density at radius 2 is 1.50 bits per heavy atom. The number of hydrogen-bond donors (Lipinski definition) is 0. The van der Waals surface area contributed by atoms with Crippen molar-refractivity contribution in [3.05, 3.63) is 75.3 Å². The summed E-state index contributed by atoms with van der Waals surface area (Å²) in [6.45, 7) is 9.13. The zero-order valence-electron chi connectivity index (χ0n) is 21.7. The van der Waals surface area contributed by atoms with Gasteiger partial charge in [0, 0.05) is 10.1 Å². The number of hydrogen-bond acceptors (Lipinski definition) is 0. The van der Waals surface area contributed by atoms with Crippen LogP contribution < -0.4 is 0 Å². The summed E-state index contributed by atoms with van der Waals surface area (Å²) in [6.07, 6.45) is 17.9. The molecule has 0 N–H and O–H groups in total. The van der Waals surface area contributed by atoms with Gasteiger partial charge in [0.05, 0.1) is 0 Å². The summed E-state index contributed by atoms with van der Waals surface area (Å²) in [4.78, 5) is 0. The highest BCUT2D eigenvalue weighted by molar-refractivity contribution is 6.30. The lowest BCUT2D eigenvalue weighted by Gasteiger charge is -2.35. The molecule has 3 rings (SSSR count). The number of rotatable bonds is 12. The third-order valence-corrected chi connectivity index (χ3v) is 7.91. The van der Waals surface area contributed by atoms with E-state index in [2.05, 4.69) is 70.2 Å². The molecule has 1 aliphatic carbocycles. The molecule has 0 aromatic heterocycles. The molecule has 1 aliphatic rings. The fourth-order valence-electron chi connectivity index (χ4n) is 5.41. The van der Waals surface area contributed by atoms with Gasteiger partial charge < -0.3 is 0 Å². The van der Waals surface area contributed by atoms with Crippen LogP contribution in [0.4, 0.5) is 0 Å². The van der Waals surface area contributed by atoms with E-state index in [-0.39, 0.29) is 5.41 Å². The quantitative estimate of drug-likeness (QED) is 0.256. The molecule has 0 saturated carbocycles. The smallest absolute Gasteiger partial charge is 0.0409 e. The molecule has 0 spiro atoms. The Bertz CT molecular complexity index is 1010. The van der Waals surface area contributed by atoms with Crippen LogP contribution in [-0.4, -0.2) is 0 Å². The third kappa shape index (κ3) is 7.02. The van der Waals surface area contributed by atoms with Gasteiger partial charge in [-0.2, -0.15) is 0 Å². The van der Waals surface area contributed by atoms with Crippen LogP contribution >= 0.6 is 23.2 Å². The number of allylic oxidation sites excluding steroid dienone is 4. The maximum absolute atomic E-state index is 6.56. The maximum Gasteiger partial charge on any atom is 0.0409 e. The molecule has 34 heavy (non-hydrogen) atoms. The van der Waals surface area contributed by atoms with Crippen molar-refractivity contribution >= 4 is 28.8 Å². The molecule has 0 nitrogen and oxygen atoms in total. The zero-order valence-corrected chi connectivity index (χ0v) is 23.2. The molecule has 0 heterocycles. The summed E-state index contributed by atoms with van der Waals surface area (Å²) in [5.41, 5.74) is 8.24. The van der Waals surface area contributed by atoms with Crippen molar-refractivity contribution in [2.75, 3.05) is 0 Å². The fourth-order valence-corrected chi connectivity index (χ4v) is 6.00. The average molecular weight is 498 g/mol. The van der Waals surface area contributed by atoms with E-state index in [0.29, 0.717) is 0 Å². The molecule has 0 bridgehead atoms. The second kappa shape index (κ2) is 13.0. The van der Waals surface area contributed by atoms with Crippen molar-refractivity contribution in [2.24, 2.45) is 5.41 Å². The van der Waals surface area contributed by atoms with Crippen LogP contribution in [0, 0.1) is 12.3 Å². The fraction of sp³-hybridized carbons (Fsp3) is 0.500. The molecule has 1 unspecified atom stereocenters. The molecule has 0 fully saturated rings. The average Bonchev–Trinajstić information content (AvgIpc) is 2.80. The number of benzene rings is 2. The summed E-state index contributed by atoms with van der Waals surface area (Å²) in [5.74, 6) is 0. The lowest BCUT2D eigenvalue weighted by atomic mass is 9.70. The van der Waals surface area contributed by atoms with Crippen LogP contribution in [0.15, 0.2) is 53.6 Å². The van der Waals surface area contributed by atoms with Gasteiger partial charge in [-0.3, -0.25) is 0 Å². The molecule has 2 aromatic rings. The van der Waals surface area contributed by atoms with E-state index in [1.54, 1.807) is 0 Å². The van der Waals surface area contributed by atoms with Gasteiger partial charge >= 0.3 is 0 Å². The van der Waals surface area contributed by atoms with E-state index in [1.807, 2.05) is 6.07 Å². The van der Waals surface area contributed by atoms with Crippen LogP contribution in [0.2, 0.25) is 5.02 Å². The number of aryl methyl sites for hydroxylation is 2. The van der Waals surface area contributed by atoms with Crippen LogP contribution in [0.25, 0.3) is 16.7 Å². The van der Waals surface area contributed by atoms with E-state index in [9.17, 15) is 0 Å². The number of unbranched alkanes of at least 4 members (excludes halogenated alkanes) is 6. The lowest BCUT2D eigenvalue weighted by molar-refractivity contribution is 0.385. The lowest BCUT2D eigenvalue weighted by Crippen LogP contribution is -2.21. The molecule has 2 aromatic carbocycles. The molecule has 2 heteroatoms. The van der Waals surface area contributed by atoms with Crippen molar-refractivity contribution < 1.29 is 0 Å². The zero-order chi connectivity index (χ0) is 24.6. The second-order valence-electron chi connectivity index (χ2n) is 10.4. The van der Waals surface area contributed by atoms with E-state index in [1.165, 1.54) is 91.2 Å². The minimum Gasteiger partial charge on any atom is -0.0891 e. The minimum absolute atomic E-state index is 0.0940. The first-order valence-corrected chi connectivity index (χ1v) is 14.1. The largest absolute Gasteiger partial charge is 0.0891 e. The van der Waals surface area contributed by atoms with Crippen LogP contribution in [0.3, 0.4) is 0 Å². The monoisotopic (exact) mass is 496 g/mol. The molecule has 0 radical (unpaired) electrons. The first kappa shape index (κ1) is 27.1. The summed E-state index contributed by atoms with van der Waals surface area (Å²) >= 11 is 12.8. The van der Waals surface area contributed by atoms with Crippen molar-refractivity contribution in [1.82, 2.24) is 0 Å².